The summed E-state index contributed by atoms with van der Waals surface area (Å²) in [6, 6.07) is 17.7. The highest BCUT2D eigenvalue weighted by Crippen LogP contribution is 2.49. The second kappa shape index (κ2) is 9.60. The monoisotopic (exact) mass is 538 g/mol. The molecule has 2 heterocycles. The van der Waals surface area contributed by atoms with Crippen molar-refractivity contribution in [2.24, 2.45) is 0 Å². The first kappa shape index (κ1) is 24.9. The molecule has 1 fully saturated rings. The molecular formula is C24H21F3N2O5S2. The van der Waals surface area contributed by atoms with Gasteiger partial charge >= 0.3 is 6.36 Å². The summed E-state index contributed by atoms with van der Waals surface area (Å²) < 4.78 is 75.1. The van der Waals surface area contributed by atoms with Crippen molar-refractivity contribution in [2.75, 3.05) is 18.1 Å². The van der Waals surface area contributed by atoms with Crippen LogP contribution < -0.4 is 14.4 Å². The van der Waals surface area contributed by atoms with E-state index in [4.69, 9.17) is 4.74 Å². The van der Waals surface area contributed by atoms with Gasteiger partial charge < -0.3 is 19.5 Å². The van der Waals surface area contributed by atoms with Gasteiger partial charge in [-0.2, -0.15) is 0 Å². The number of rotatable bonds is 5. The van der Waals surface area contributed by atoms with E-state index in [2.05, 4.69) is 9.46 Å². The average molecular weight is 539 g/mol. The van der Waals surface area contributed by atoms with Crippen LogP contribution in [0.15, 0.2) is 87.5 Å². The summed E-state index contributed by atoms with van der Waals surface area (Å²) in [6.07, 6.45) is -6.04. The van der Waals surface area contributed by atoms with Crippen LogP contribution in [0, 0.1) is 0 Å². The van der Waals surface area contributed by atoms with E-state index in [0.29, 0.717) is 0 Å². The third kappa shape index (κ3) is 5.04. The summed E-state index contributed by atoms with van der Waals surface area (Å²) in [7, 11) is -4.18. The van der Waals surface area contributed by atoms with E-state index in [-0.39, 0.29) is 18.1 Å². The molecule has 0 aromatic heterocycles. The molecule has 2 unspecified atom stereocenters. The summed E-state index contributed by atoms with van der Waals surface area (Å²) in [5.41, 5.74) is 1.75. The third-order valence-corrected chi connectivity index (χ3v) is 8.50. The van der Waals surface area contributed by atoms with E-state index in [1.54, 1.807) is 11.8 Å². The quantitative estimate of drug-likeness (QED) is 0.501. The van der Waals surface area contributed by atoms with Gasteiger partial charge in [-0.3, -0.25) is 0 Å². The number of alkyl halides is 3. The number of nitrogens with one attached hydrogen (secondary N) is 1. The molecule has 36 heavy (non-hydrogen) atoms. The van der Waals surface area contributed by atoms with Crippen LogP contribution in [-0.4, -0.2) is 51.3 Å². The van der Waals surface area contributed by atoms with Gasteiger partial charge in [-0.15, -0.1) is 13.2 Å². The molecule has 12 heteroatoms. The molecule has 0 aliphatic carbocycles. The second-order valence-corrected chi connectivity index (χ2v) is 11.0. The first-order valence-corrected chi connectivity index (χ1v) is 13.2. The fourth-order valence-corrected chi connectivity index (χ4v) is 6.60. The zero-order valence-electron chi connectivity index (χ0n) is 18.6. The lowest BCUT2D eigenvalue weighted by atomic mass is 9.99. The number of hydrogen-bond acceptors (Lipinski definition) is 7. The van der Waals surface area contributed by atoms with Crippen molar-refractivity contribution < 1.29 is 36.2 Å². The van der Waals surface area contributed by atoms with Gasteiger partial charge in [0, 0.05) is 9.79 Å². The standard InChI is InChI=1S/C24H21F3N2O5S2/c25-24(26,27)34-15-9-11-16(12-10-15)36(31,32)28-17-13-33-14-20(23(17)30)29-18-5-1-3-7-21(18)35-22-8-4-2-6-19(22)29/h1-12,17,20,23,28,30H,13-14H2/t17?,20?,23-/m0/s1. The van der Waals surface area contributed by atoms with E-state index >= 15 is 0 Å². The molecule has 3 atom stereocenters. The molecule has 0 bridgehead atoms. The van der Waals surface area contributed by atoms with E-state index < -0.39 is 40.3 Å². The highest BCUT2D eigenvalue weighted by Gasteiger charge is 2.41. The number of aliphatic hydroxyl groups is 1. The number of benzene rings is 3. The van der Waals surface area contributed by atoms with Crippen LogP contribution in [0.3, 0.4) is 0 Å². The minimum absolute atomic E-state index is 0.0714. The van der Waals surface area contributed by atoms with Gasteiger partial charge in [-0.25, -0.2) is 13.1 Å². The molecule has 2 aliphatic rings. The van der Waals surface area contributed by atoms with Crippen molar-refractivity contribution in [1.82, 2.24) is 4.72 Å². The summed E-state index contributed by atoms with van der Waals surface area (Å²) in [5, 5.41) is 11.3. The lowest BCUT2D eigenvalue weighted by molar-refractivity contribution is -0.274. The van der Waals surface area contributed by atoms with Crippen LogP contribution in [0.4, 0.5) is 24.5 Å². The fourth-order valence-electron chi connectivity index (χ4n) is 4.29. The number of nitrogens with zero attached hydrogens (tertiary/aromatic N) is 1. The zero-order chi connectivity index (χ0) is 25.5. The molecule has 1 saturated heterocycles. The topological polar surface area (TPSA) is 88.1 Å². The minimum atomic E-state index is -4.89. The Balaban J connectivity index is 1.39. The van der Waals surface area contributed by atoms with Gasteiger partial charge in [-0.05, 0) is 48.5 Å². The number of ether oxygens (including phenoxy) is 2. The summed E-state index contributed by atoms with van der Waals surface area (Å²) >= 11 is 1.61. The molecular weight excluding hydrogens is 517 g/mol. The lowest BCUT2D eigenvalue weighted by Gasteiger charge is -2.44. The van der Waals surface area contributed by atoms with Crippen molar-refractivity contribution >= 4 is 33.2 Å². The van der Waals surface area contributed by atoms with Gasteiger partial charge in [0.1, 0.15) is 5.75 Å². The van der Waals surface area contributed by atoms with Crippen molar-refractivity contribution in [3.8, 4) is 5.75 Å². The number of fused-ring (bicyclic) bond motifs is 2. The molecule has 2 N–H and O–H groups in total. The highest BCUT2D eigenvalue weighted by atomic mass is 32.2. The maximum atomic E-state index is 13.0. The Labute approximate surface area is 209 Å². The number of anilines is 2. The molecule has 2 aliphatic heterocycles. The number of hydrogen-bond donors (Lipinski definition) is 2. The van der Waals surface area contributed by atoms with E-state index in [1.807, 2.05) is 53.4 Å². The van der Waals surface area contributed by atoms with Crippen molar-refractivity contribution in [2.45, 2.75) is 39.2 Å². The zero-order valence-corrected chi connectivity index (χ0v) is 20.2. The summed E-state index contributed by atoms with van der Waals surface area (Å²) in [4.78, 5) is 3.69. The van der Waals surface area contributed by atoms with Crippen LogP contribution in [0.2, 0.25) is 0 Å². The third-order valence-electron chi connectivity index (χ3n) is 5.87. The molecule has 190 valence electrons. The van der Waals surface area contributed by atoms with Gasteiger partial charge in [0.2, 0.25) is 10.0 Å². The molecule has 3 aromatic rings. The van der Waals surface area contributed by atoms with Crippen LogP contribution >= 0.6 is 11.8 Å². The summed E-state index contributed by atoms with van der Waals surface area (Å²) in [5.74, 6) is -0.539. The molecule has 0 saturated carbocycles. The molecule has 0 radical (unpaired) electrons. The predicted octanol–water partition coefficient (Wildman–Crippen LogP) is 4.29. The molecule has 3 aromatic carbocycles. The Hall–Kier alpha value is -2.77. The van der Waals surface area contributed by atoms with Crippen molar-refractivity contribution in [3.05, 3.63) is 72.8 Å². The molecule has 7 nitrogen and oxygen atoms in total. The van der Waals surface area contributed by atoms with E-state index in [9.17, 15) is 26.7 Å². The Morgan fingerprint density at radius 2 is 1.53 bits per heavy atom. The Morgan fingerprint density at radius 1 is 0.944 bits per heavy atom. The van der Waals surface area contributed by atoms with Gasteiger partial charge in [0.15, 0.2) is 0 Å². The normalized spacial score (nSPS) is 22.0. The number of aliphatic hydroxyl groups excluding tert-OH is 1. The maximum Gasteiger partial charge on any atom is 0.573 e. The maximum absolute atomic E-state index is 13.0. The largest absolute Gasteiger partial charge is 0.573 e. The minimum Gasteiger partial charge on any atom is -0.406 e. The van der Waals surface area contributed by atoms with Crippen LogP contribution in [-0.2, 0) is 14.8 Å². The first-order valence-electron chi connectivity index (χ1n) is 10.9. The number of halogens is 3. The fraction of sp³-hybridized carbons (Fsp3) is 0.250. The Morgan fingerprint density at radius 3 is 2.11 bits per heavy atom. The van der Waals surface area contributed by atoms with Gasteiger partial charge in [0.25, 0.3) is 0 Å². The average Bonchev–Trinajstić information content (AvgIpc) is 2.83. The Bertz CT molecular complexity index is 1310. The number of para-hydroxylation sites is 2. The van der Waals surface area contributed by atoms with Crippen molar-refractivity contribution in [3.63, 3.8) is 0 Å². The Kier molecular flexibility index (Phi) is 6.64. The SMILES string of the molecule is O=S(=O)(NC1COCC(N2c3ccccc3Sc3ccccc32)[C@H]1O)c1ccc(OC(F)(F)F)cc1. The lowest BCUT2D eigenvalue weighted by Crippen LogP contribution is -2.60. The van der Waals surface area contributed by atoms with E-state index in [0.717, 1.165) is 45.4 Å². The van der Waals surface area contributed by atoms with E-state index in [1.165, 1.54) is 0 Å². The van der Waals surface area contributed by atoms with Gasteiger partial charge in [-0.1, -0.05) is 36.0 Å². The summed E-state index contributed by atoms with van der Waals surface area (Å²) in [6.45, 7) is 0.0915. The van der Waals surface area contributed by atoms with Crippen LogP contribution in [0.1, 0.15) is 0 Å². The molecule has 5 rings (SSSR count). The first-order chi connectivity index (χ1) is 17.1. The van der Waals surface area contributed by atoms with Crippen LogP contribution in [0.5, 0.6) is 5.75 Å². The highest BCUT2D eigenvalue weighted by molar-refractivity contribution is 7.99. The second-order valence-electron chi connectivity index (χ2n) is 8.25. The van der Waals surface area contributed by atoms with Crippen LogP contribution in [0.25, 0.3) is 0 Å². The molecule has 0 spiro atoms. The predicted molar refractivity (Wildman–Crippen MR) is 127 cm³/mol. The smallest absolute Gasteiger partial charge is 0.406 e. The molecule has 0 amide bonds. The number of sulfonamides is 1. The van der Waals surface area contributed by atoms with Gasteiger partial charge in [0.05, 0.1) is 47.7 Å². The van der Waals surface area contributed by atoms with Crippen molar-refractivity contribution in [1.29, 1.82) is 0 Å².